The zero-order chi connectivity index (χ0) is 12.1. The van der Waals surface area contributed by atoms with Crippen molar-refractivity contribution in [2.75, 3.05) is 13.7 Å². The summed E-state index contributed by atoms with van der Waals surface area (Å²) in [5.74, 6) is 0.598. The lowest BCUT2D eigenvalue weighted by molar-refractivity contribution is -0.120. The average molecular weight is 287 g/mol. The summed E-state index contributed by atoms with van der Waals surface area (Å²) in [6.45, 7) is 1.91. The van der Waals surface area contributed by atoms with Crippen molar-refractivity contribution in [3.8, 4) is 5.75 Å². The first-order valence-electron chi connectivity index (χ1n) is 4.91. The molecule has 0 fully saturated rings. The molecule has 1 aromatic rings. The first-order valence-corrected chi connectivity index (χ1v) is 5.70. The number of hydrogen-bond donors (Lipinski definition) is 2. The molecular weight excluding hydrogens is 272 g/mol. The molecule has 0 bridgehead atoms. The minimum atomic E-state index is -0.167. The van der Waals surface area contributed by atoms with Gasteiger partial charge < -0.3 is 15.8 Å². The molecule has 1 atom stereocenters. The molecule has 0 aliphatic heterocycles. The van der Waals surface area contributed by atoms with Gasteiger partial charge in [0.15, 0.2) is 0 Å². The Hall–Kier alpha value is -1.07. The van der Waals surface area contributed by atoms with Crippen LogP contribution in [0.15, 0.2) is 22.7 Å². The summed E-state index contributed by atoms with van der Waals surface area (Å²) in [5.41, 5.74) is 6.23. The van der Waals surface area contributed by atoms with Crippen LogP contribution < -0.4 is 15.8 Å². The van der Waals surface area contributed by atoms with E-state index in [1.165, 1.54) is 0 Å². The van der Waals surface area contributed by atoms with Gasteiger partial charge >= 0.3 is 0 Å². The number of nitrogens with one attached hydrogen (secondary N) is 1. The summed E-state index contributed by atoms with van der Waals surface area (Å²) in [7, 11) is 1.61. The van der Waals surface area contributed by atoms with Crippen LogP contribution in [0.1, 0.15) is 18.5 Å². The topological polar surface area (TPSA) is 64.3 Å². The predicted octanol–water partition coefficient (Wildman–Crippen LogP) is 1.59. The van der Waals surface area contributed by atoms with Crippen LogP contribution in [0, 0.1) is 0 Å². The van der Waals surface area contributed by atoms with Gasteiger partial charge in [0.2, 0.25) is 5.91 Å². The van der Waals surface area contributed by atoms with Crippen LogP contribution in [0.4, 0.5) is 0 Å². The van der Waals surface area contributed by atoms with Crippen LogP contribution in [-0.4, -0.2) is 19.6 Å². The van der Waals surface area contributed by atoms with Crippen LogP contribution in [0.2, 0.25) is 0 Å². The average Bonchev–Trinajstić information content (AvgIpc) is 2.28. The molecule has 4 nitrogen and oxygen atoms in total. The number of halogens is 1. The Bertz CT molecular complexity index is 382. The smallest absolute Gasteiger partial charge is 0.234 e. The first-order chi connectivity index (χ1) is 7.58. The molecule has 0 radical (unpaired) electrons. The molecule has 16 heavy (non-hydrogen) atoms. The Morgan fingerprint density at radius 3 is 2.81 bits per heavy atom. The SMILES string of the molecule is COc1ccc(C(C)NC(=O)CN)cc1Br. The summed E-state index contributed by atoms with van der Waals surface area (Å²) in [4.78, 5) is 11.1. The highest BCUT2D eigenvalue weighted by Crippen LogP contribution is 2.27. The lowest BCUT2D eigenvalue weighted by Gasteiger charge is -2.15. The van der Waals surface area contributed by atoms with Crippen LogP contribution in [-0.2, 0) is 4.79 Å². The Balaban J connectivity index is 2.80. The Morgan fingerprint density at radius 1 is 1.62 bits per heavy atom. The molecule has 0 aliphatic rings. The van der Waals surface area contributed by atoms with Crippen molar-refractivity contribution < 1.29 is 9.53 Å². The van der Waals surface area contributed by atoms with Crippen molar-refractivity contribution in [2.24, 2.45) is 5.73 Å². The maximum Gasteiger partial charge on any atom is 0.234 e. The largest absolute Gasteiger partial charge is 0.496 e. The monoisotopic (exact) mass is 286 g/mol. The maximum atomic E-state index is 11.1. The second-order valence-corrected chi connectivity index (χ2v) is 4.24. The number of nitrogens with two attached hydrogens (primary N) is 1. The lowest BCUT2D eigenvalue weighted by Crippen LogP contribution is -2.32. The molecule has 1 unspecified atom stereocenters. The molecule has 5 heteroatoms. The molecule has 88 valence electrons. The van der Waals surface area contributed by atoms with Crippen LogP contribution in [0.5, 0.6) is 5.75 Å². The van der Waals surface area contributed by atoms with Gasteiger partial charge in [-0.2, -0.15) is 0 Å². The molecule has 1 amide bonds. The molecule has 0 saturated heterocycles. The number of methoxy groups -OCH3 is 1. The van der Waals surface area contributed by atoms with Crippen molar-refractivity contribution in [1.29, 1.82) is 0 Å². The van der Waals surface area contributed by atoms with Gasteiger partial charge in [-0.05, 0) is 40.5 Å². The molecule has 0 saturated carbocycles. The Labute approximate surface area is 103 Å². The standard InChI is InChI=1S/C11H15BrN2O2/c1-7(14-11(15)6-13)8-3-4-10(16-2)9(12)5-8/h3-5,7H,6,13H2,1-2H3,(H,14,15). The predicted molar refractivity (Wildman–Crippen MR) is 66.3 cm³/mol. The zero-order valence-electron chi connectivity index (χ0n) is 9.29. The quantitative estimate of drug-likeness (QED) is 0.884. The first kappa shape index (κ1) is 13.0. The van der Waals surface area contributed by atoms with E-state index in [9.17, 15) is 4.79 Å². The highest BCUT2D eigenvalue weighted by Gasteiger charge is 2.10. The summed E-state index contributed by atoms with van der Waals surface area (Å²) in [6, 6.07) is 5.61. The van der Waals surface area contributed by atoms with Crippen molar-refractivity contribution in [3.63, 3.8) is 0 Å². The van der Waals surface area contributed by atoms with E-state index in [1.54, 1.807) is 7.11 Å². The molecule has 0 aliphatic carbocycles. The Kier molecular flexibility index (Phi) is 4.76. The molecule has 0 aromatic heterocycles. The summed E-state index contributed by atoms with van der Waals surface area (Å²) in [5, 5.41) is 2.78. The van der Waals surface area contributed by atoms with Gasteiger partial charge in [0.05, 0.1) is 24.2 Å². The molecule has 1 rings (SSSR count). The maximum absolute atomic E-state index is 11.1. The summed E-state index contributed by atoms with van der Waals surface area (Å²) >= 11 is 3.40. The number of carbonyl (C=O) groups excluding carboxylic acids is 1. The fourth-order valence-electron chi connectivity index (χ4n) is 1.34. The van der Waals surface area contributed by atoms with Gasteiger partial charge in [-0.3, -0.25) is 4.79 Å². The Morgan fingerprint density at radius 2 is 2.31 bits per heavy atom. The van der Waals surface area contributed by atoms with E-state index in [4.69, 9.17) is 10.5 Å². The van der Waals surface area contributed by atoms with Gasteiger partial charge in [-0.25, -0.2) is 0 Å². The second-order valence-electron chi connectivity index (χ2n) is 3.39. The van der Waals surface area contributed by atoms with Gasteiger partial charge in [0, 0.05) is 0 Å². The van der Waals surface area contributed by atoms with Gasteiger partial charge in [0.1, 0.15) is 5.75 Å². The normalized spacial score (nSPS) is 12.0. The van der Waals surface area contributed by atoms with Crippen molar-refractivity contribution in [1.82, 2.24) is 5.32 Å². The second kappa shape index (κ2) is 5.86. The van der Waals surface area contributed by atoms with E-state index in [0.717, 1.165) is 15.8 Å². The van der Waals surface area contributed by atoms with Crippen LogP contribution in [0.25, 0.3) is 0 Å². The molecule has 1 aromatic carbocycles. The van der Waals surface area contributed by atoms with Crippen LogP contribution in [0.3, 0.4) is 0 Å². The minimum Gasteiger partial charge on any atom is -0.496 e. The van der Waals surface area contributed by atoms with E-state index in [0.29, 0.717) is 0 Å². The van der Waals surface area contributed by atoms with Crippen molar-refractivity contribution in [2.45, 2.75) is 13.0 Å². The third-order valence-corrected chi connectivity index (χ3v) is 2.86. The molecular formula is C11H15BrN2O2. The van der Waals surface area contributed by atoms with E-state index >= 15 is 0 Å². The fourth-order valence-corrected chi connectivity index (χ4v) is 1.89. The molecule has 0 heterocycles. The zero-order valence-corrected chi connectivity index (χ0v) is 10.9. The minimum absolute atomic E-state index is 0.00165. The van der Waals surface area contributed by atoms with Gasteiger partial charge in [-0.15, -0.1) is 0 Å². The fraction of sp³-hybridized carbons (Fsp3) is 0.364. The third-order valence-electron chi connectivity index (χ3n) is 2.24. The van der Waals surface area contributed by atoms with E-state index < -0.39 is 0 Å². The van der Waals surface area contributed by atoms with E-state index in [-0.39, 0.29) is 18.5 Å². The van der Waals surface area contributed by atoms with E-state index in [1.807, 2.05) is 25.1 Å². The molecule has 0 spiro atoms. The lowest BCUT2D eigenvalue weighted by atomic mass is 10.1. The number of ether oxygens (including phenoxy) is 1. The highest BCUT2D eigenvalue weighted by atomic mass is 79.9. The van der Waals surface area contributed by atoms with Crippen LogP contribution >= 0.6 is 15.9 Å². The van der Waals surface area contributed by atoms with Gasteiger partial charge in [0.25, 0.3) is 0 Å². The highest BCUT2D eigenvalue weighted by molar-refractivity contribution is 9.10. The number of benzene rings is 1. The number of hydrogen-bond acceptors (Lipinski definition) is 3. The summed E-state index contributed by atoms with van der Waals surface area (Å²) < 4.78 is 5.99. The summed E-state index contributed by atoms with van der Waals surface area (Å²) in [6.07, 6.45) is 0. The number of rotatable bonds is 4. The van der Waals surface area contributed by atoms with E-state index in [2.05, 4.69) is 21.2 Å². The number of amides is 1. The van der Waals surface area contributed by atoms with Gasteiger partial charge in [-0.1, -0.05) is 6.07 Å². The number of carbonyl (C=O) groups is 1. The third kappa shape index (κ3) is 3.21. The van der Waals surface area contributed by atoms with Crippen molar-refractivity contribution >= 4 is 21.8 Å². The van der Waals surface area contributed by atoms with Crippen molar-refractivity contribution in [3.05, 3.63) is 28.2 Å². The molecule has 3 N–H and O–H groups in total.